The lowest BCUT2D eigenvalue weighted by atomic mass is 10.2. The van der Waals surface area contributed by atoms with Crippen LogP contribution in [0.4, 0.5) is 24.0 Å². The molecule has 0 fully saturated rings. The number of nitrogens with zero attached hydrogens (tertiary/aromatic N) is 2. The molecule has 0 radical (unpaired) electrons. The van der Waals surface area contributed by atoms with Crippen LogP contribution in [0.3, 0.4) is 0 Å². The summed E-state index contributed by atoms with van der Waals surface area (Å²) in [4.78, 5) is 0. The molecule has 0 saturated heterocycles. The van der Waals surface area contributed by atoms with Crippen LogP contribution in [0.15, 0.2) is 24.3 Å². The van der Waals surface area contributed by atoms with Gasteiger partial charge in [-0.3, -0.25) is 4.72 Å². The van der Waals surface area contributed by atoms with Crippen LogP contribution < -0.4 is 10.0 Å². The quantitative estimate of drug-likeness (QED) is 0.808. The number of alkyl halides is 3. The minimum atomic E-state index is -4.51. The Morgan fingerprint density at radius 3 is 2.16 bits per heavy atom. The van der Waals surface area contributed by atoms with E-state index in [1.807, 2.05) is 0 Å². The van der Waals surface area contributed by atoms with E-state index in [2.05, 4.69) is 20.2 Å². The van der Waals surface area contributed by atoms with Gasteiger partial charge >= 0.3 is 6.18 Å². The summed E-state index contributed by atoms with van der Waals surface area (Å²) in [7, 11) is -3.52. The highest BCUT2D eigenvalue weighted by atomic mass is 32.2. The fraction of sp³-hybridized carbons (Fsp3) is 0.429. The van der Waals surface area contributed by atoms with Crippen molar-refractivity contribution < 1.29 is 21.6 Å². The number of nitrogens with one attached hydrogen (secondary N) is 2. The maximum atomic E-state index is 12.5. The molecule has 0 unspecified atom stereocenters. The molecule has 0 aliphatic rings. The van der Waals surface area contributed by atoms with E-state index in [9.17, 15) is 21.6 Å². The monoisotopic (exact) mass is 394 g/mol. The predicted molar refractivity (Wildman–Crippen MR) is 91.0 cm³/mol. The second-order valence-corrected chi connectivity index (χ2v) is 9.59. The van der Waals surface area contributed by atoms with Crippen molar-refractivity contribution in [3.05, 3.63) is 34.8 Å². The van der Waals surface area contributed by atoms with Crippen LogP contribution in [0.25, 0.3) is 0 Å². The summed E-state index contributed by atoms with van der Waals surface area (Å²) in [6.07, 6.45) is -4.51. The van der Waals surface area contributed by atoms with E-state index >= 15 is 0 Å². The third kappa shape index (κ3) is 5.05. The molecule has 11 heteroatoms. The van der Waals surface area contributed by atoms with Gasteiger partial charge in [-0.1, -0.05) is 23.5 Å². The topological polar surface area (TPSA) is 84.0 Å². The Labute approximate surface area is 147 Å². The lowest BCUT2D eigenvalue weighted by molar-refractivity contribution is -0.138. The molecule has 25 heavy (non-hydrogen) atoms. The van der Waals surface area contributed by atoms with Crippen LogP contribution in [0.1, 0.15) is 31.3 Å². The van der Waals surface area contributed by atoms with Gasteiger partial charge in [0, 0.05) is 12.2 Å². The number of hydrogen-bond donors (Lipinski definition) is 2. The van der Waals surface area contributed by atoms with Crippen molar-refractivity contribution in [1.29, 1.82) is 0 Å². The zero-order valence-corrected chi connectivity index (χ0v) is 15.3. The van der Waals surface area contributed by atoms with E-state index in [-0.39, 0.29) is 11.7 Å². The second kappa shape index (κ2) is 6.79. The average Bonchev–Trinajstić information content (AvgIpc) is 2.94. The number of anilines is 2. The predicted octanol–water partition coefficient (Wildman–Crippen LogP) is 3.71. The number of sulfonamides is 1. The maximum Gasteiger partial charge on any atom is 0.445 e. The lowest BCUT2D eigenvalue weighted by Gasteiger charge is -2.20. The maximum absolute atomic E-state index is 12.5. The molecule has 0 aliphatic carbocycles. The van der Waals surface area contributed by atoms with E-state index < -0.39 is 26.0 Å². The smallest absolute Gasteiger partial charge is 0.356 e. The summed E-state index contributed by atoms with van der Waals surface area (Å²) in [5, 5.41) is 8.32. The molecule has 0 atom stereocenters. The van der Waals surface area contributed by atoms with Gasteiger partial charge in [0.1, 0.15) is 0 Å². The molecule has 1 aromatic heterocycles. The Kier molecular flexibility index (Phi) is 5.28. The first-order chi connectivity index (χ1) is 11.4. The number of rotatable bonds is 5. The van der Waals surface area contributed by atoms with Crippen LogP contribution in [0, 0.1) is 0 Å². The summed E-state index contributed by atoms with van der Waals surface area (Å²) in [5.41, 5.74) is 1.16. The first kappa shape index (κ1) is 19.4. The molecule has 0 saturated carbocycles. The SMILES string of the molecule is CC(C)(C)S(=O)(=O)Nc1ccc(CNc2nnc(C(F)(F)F)s2)cc1. The van der Waals surface area contributed by atoms with Gasteiger partial charge in [0.15, 0.2) is 0 Å². The molecule has 2 aromatic rings. The molecule has 0 amide bonds. The molecule has 6 nitrogen and oxygen atoms in total. The summed E-state index contributed by atoms with van der Waals surface area (Å²) >= 11 is 0.423. The van der Waals surface area contributed by atoms with Gasteiger partial charge < -0.3 is 5.32 Å². The fourth-order valence-electron chi connectivity index (χ4n) is 1.59. The van der Waals surface area contributed by atoms with E-state index in [1.165, 1.54) is 0 Å². The molecule has 2 N–H and O–H groups in total. The van der Waals surface area contributed by atoms with Crippen molar-refractivity contribution in [1.82, 2.24) is 10.2 Å². The van der Waals surface area contributed by atoms with E-state index in [0.29, 0.717) is 17.0 Å². The van der Waals surface area contributed by atoms with Crippen LogP contribution in [-0.4, -0.2) is 23.4 Å². The minimum absolute atomic E-state index is 0.0600. The van der Waals surface area contributed by atoms with Gasteiger partial charge in [-0.2, -0.15) is 13.2 Å². The van der Waals surface area contributed by atoms with Crippen molar-refractivity contribution in [3.8, 4) is 0 Å². The Bertz CT molecular complexity index is 825. The van der Waals surface area contributed by atoms with Crippen molar-refractivity contribution in [3.63, 3.8) is 0 Å². The van der Waals surface area contributed by atoms with Crippen molar-refractivity contribution in [2.75, 3.05) is 10.0 Å². The standard InChI is InChI=1S/C14H17F3N4O2S2/c1-13(2,3)25(22,23)21-10-6-4-9(5-7-10)8-18-12-20-19-11(24-12)14(15,16)17/h4-7,21H,8H2,1-3H3,(H,18,20). The van der Waals surface area contributed by atoms with Crippen LogP contribution in [0.5, 0.6) is 0 Å². The van der Waals surface area contributed by atoms with Gasteiger partial charge in [0.05, 0.1) is 4.75 Å². The normalized spacial score (nSPS) is 12.9. The number of benzene rings is 1. The summed E-state index contributed by atoms with van der Waals surface area (Å²) in [6, 6.07) is 6.50. The summed E-state index contributed by atoms with van der Waals surface area (Å²) in [6.45, 7) is 5.00. The lowest BCUT2D eigenvalue weighted by Crippen LogP contribution is -2.33. The zero-order chi connectivity index (χ0) is 18.9. The second-order valence-electron chi connectivity index (χ2n) is 6.18. The highest BCUT2D eigenvalue weighted by Gasteiger charge is 2.35. The third-order valence-corrected chi connectivity index (χ3v) is 6.17. The van der Waals surface area contributed by atoms with Crippen LogP contribution in [-0.2, 0) is 22.7 Å². The van der Waals surface area contributed by atoms with Crippen LogP contribution >= 0.6 is 11.3 Å². The third-order valence-electron chi connectivity index (χ3n) is 3.12. The number of aromatic nitrogens is 2. The molecule has 0 bridgehead atoms. The van der Waals surface area contributed by atoms with Crippen molar-refractivity contribution in [2.24, 2.45) is 0 Å². The largest absolute Gasteiger partial charge is 0.445 e. The highest BCUT2D eigenvalue weighted by molar-refractivity contribution is 7.94. The number of hydrogen-bond acceptors (Lipinski definition) is 6. The zero-order valence-electron chi connectivity index (χ0n) is 13.7. The molecule has 1 aromatic carbocycles. The van der Waals surface area contributed by atoms with Gasteiger partial charge in [0.25, 0.3) is 0 Å². The van der Waals surface area contributed by atoms with Gasteiger partial charge in [0.2, 0.25) is 20.2 Å². The first-order valence-corrected chi connectivity index (χ1v) is 9.44. The molecule has 0 aliphatic heterocycles. The molecule has 2 rings (SSSR count). The molecular weight excluding hydrogens is 377 g/mol. The molecule has 138 valence electrons. The van der Waals surface area contributed by atoms with Gasteiger partial charge in [-0.15, -0.1) is 10.2 Å². The first-order valence-electron chi connectivity index (χ1n) is 7.14. The fourth-order valence-corrected chi connectivity index (χ4v) is 2.94. The molecule has 1 heterocycles. The van der Waals surface area contributed by atoms with E-state index in [0.717, 1.165) is 5.56 Å². The highest BCUT2D eigenvalue weighted by Crippen LogP contribution is 2.33. The molecule has 0 spiro atoms. The van der Waals surface area contributed by atoms with Crippen LogP contribution in [0.2, 0.25) is 0 Å². The Morgan fingerprint density at radius 2 is 1.68 bits per heavy atom. The minimum Gasteiger partial charge on any atom is -0.356 e. The van der Waals surface area contributed by atoms with Crippen molar-refractivity contribution in [2.45, 2.75) is 38.2 Å². The summed E-state index contributed by atoms with van der Waals surface area (Å²) < 4.78 is 63.0. The molecular formula is C14H17F3N4O2S2. The average molecular weight is 394 g/mol. The van der Waals surface area contributed by atoms with Crippen molar-refractivity contribution >= 4 is 32.2 Å². The Morgan fingerprint density at radius 1 is 1.08 bits per heavy atom. The van der Waals surface area contributed by atoms with E-state index in [1.54, 1.807) is 45.0 Å². The Hall–Kier alpha value is -1.88. The Balaban J connectivity index is 1.98. The van der Waals surface area contributed by atoms with Gasteiger partial charge in [-0.05, 0) is 38.5 Å². The van der Waals surface area contributed by atoms with Gasteiger partial charge in [-0.25, -0.2) is 8.42 Å². The number of halogens is 3. The summed E-state index contributed by atoms with van der Waals surface area (Å²) in [5.74, 6) is 0. The van der Waals surface area contributed by atoms with E-state index in [4.69, 9.17) is 0 Å².